The Hall–Kier alpha value is -1.85. The van der Waals surface area contributed by atoms with Crippen molar-refractivity contribution in [2.45, 2.75) is 46.7 Å². The molecule has 1 heterocycles. The molecule has 0 aliphatic carbocycles. The lowest BCUT2D eigenvalue weighted by Crippen LogP contribution is -2.33. The number of rotatable bonds is 8. The minimum Gasteiger partial charge on any atom is -0.331 e. The van der Waals surface area contributed by atoms with Crippen LogP contribution in [0.5, 0.6) is 0 Å². The molecule has 0 N–H and O–H groups in total. The molecule has 0 aliphatic heterocycles. The molecule has 1 amide bonds. The Labute approximate surface area is 186 Å². The van der Waals surface area contributed by atoms with Crippen molar-refractivity contribution in [2.24, 2.45) is 5.92 Å². The van der Waals surface area contributed by atoms with Gasteiger partial charge in [-0.1, -0.05) is 44.5 Å². The van der Waals surface area contributed by atoms with E-state index in [1.54, 1.807) is 0 Å². The number of nitrogens with zero attached hydrogens (tertiary/aromatic N) is 3. The second kappa shape index (κ2) is 9.77. The zero-order chi connectivity index (χ0) is 21.0. The number of halogens is 2. The maximum absolute atomic E-state index is 13.4. The van der Waals surface area contributed by atoms with Crippen molar-refractivity contribution >= 4 is 44.5 Å². The second-order valence-corrected chi connectivity index (χ2v) is 8.99. The number of imidazole rings is 1. The average Bonchev–Trinajstić information content (AvgIpc) is 3.02. The number of hydrogen-bond acceptors (Lipinski definition) is 2. The molecule has 3 rings (SSSR count). The number of benzene rings is 2. The van der Waals surface area contributed by atoms with Gasteiger partial charge in [0.15, 0.2) is 0 Å². The third-order valence-electron chi connectivity index (χ3n) is 4.94. The van der Waals surface area contributed by atoms with Crippen LogP contribution < -0.4 is 0 Å². The van der Waals surface area contributed by atoms with E-state index in [4.69, 9.17) is 16.6 Å². The molecule has 0 atom stereocenters. The lowest BCUT2D eigenvalue weighted by molar-refractivity contribution is 0.0728. The molecule has 0 fully saturated rings. The normalized spacial score (nSPS) is 11.4. The van der Waals surface area contributed by atoms with Gasteiger partial charge in [-0.25, -0.2) is 4.98 Å². The summed E-state index contributed by atoms with van der Waals surface area (Å²) in [6.07, 6.45) is 1.92. The van der Waals surface area contributed by atoms with E-state index in [0.717, 1.165) is 40.7 Å². The van der Waals surface area contributed by atoms with E-state index in [-0.39, 0.29) is 5.91 Å². The maximum atomic E-state index is 13.4. The van der Waals surface area contributed by atoms with Crippen LogP contribution in [-0.4, -0.2) is 26.9 Å². The summed E-state index contributed by atoms with van der Waals surface area (Å²) in [5.74, 6) is 1.43. The van der Waals surface area contributed by atoms with Gasteiger partial charge in [0.05, 0.1) is 23.1 Å². The molecule has 0 saturated heterocycles. The van der Waals surface area contributed by atoms with Gasteiger partial charge in [-0.15, -0.1) is 0 Å². The van der Waals surface area contributed by atoms with E-state index >= 15 is 0 Å². The van der Waals surface area contributed by atoms with Crippen molar-refractivity contribution in [3.8, 4) is 0 Å². The number of fused-ring (bicyclic) bond motifs is 1. The molecule has 0 bridgehead atoms. The first kappa shape index (κ1) is 21.8. The SMILES string of the molecule is CCCn1c(CN(CCC(C)C)C(=O)c2ccccc2Br)nc2ccc(Cl)cc21. The molecular formula is C23H27BrClN3O. The minimum absolute atomic E-state index is 0.0197. The molecule has 154 valence electrons. The van der Waals surface area contributed by atoms with Crippen molar-refractivity contribution in [1.82, 2.24) is 14.5 Å². The lowest BCUT2D eigenvalue weighted by Gasteiger charge is -2.24. The molecule has 0 unspecified atom stereocenters. The number of carbonyl (C=O) groups excluding carboxylic acids is 1. The van der Waals surface area contributed by atoms with Gasteiger partial charge in [0.25, 0.3) is 5.91 Å². The summed E-state index contributed by atoms with van der Waals surface area (Å²) >= 11 is 9.75. The molecule has 0 spiro atoms. The van der Waals surface area contributed by atoms with Gasteiger partial charge in [-0.2, -0.15) is 0 Å². The predicted molar refractivity (Wildman–Crippen MR) is 123 cm³/mol. The first-order chi connectivity index (χ1) is 13.9. The summed E-state index contributed by atoms with van der Waals surface area (Å²) in [6, 6.07) is 13.3. The van der Waals surface area contributed by atoms with Gasteiger partial charge in [-0.3, -0.25) is 4.79 Å². The molecule has 0 aliphatic rings. The van der Waals surface area contributed by atoms with Crippen LogP contribution in [0.3, 0.4) is 0 Å². The summed E-state index contributed by atoms with van der Waals surface area (Å²) in [4.78, 5) is 20.1. The fourth-order valence-electron chi connectivity index (χ4n) is 3.38. The van der Waals surface area contributed by atoms with Gasteiger partial charge < -0.3 is 9.47 Å². The molecule has 4 nitrogen and oxygen atoms in total. The predicted octanol–water partition coefficient (Wildman–Crippen LogP) is 6.55. The summed E-state index contributed by atoms with van der Waals surface area (Å²) < 4.78 is 3.00. The standard InChI is InChI=1S/C23H27BrClN3O/c1-4-12-28-21-14-17(25)9-10-20(21)26-22(28)15-27(13-11-16(2)3)23(29)18-7-5-6-8-19(18)24/h5-10,14,16H,4,11-13,15H2,1-3H3. The molecule has 2 aromatic carbocycles. The molecule has 0 radical (unpaired) electrons. The Morgan fingerprint density at radius 2 is 2.00 bits per heavy atom. The van der Waals surface area contributed by atoms with Crippen LogP contribution >= 0.6 is 27.5 Å². The monoisotopic (exact) mass is 475 g/mol. The van der Waals surface area contributed by atoms with Crippen molar-refractivity contribution in [2.75, 3.05) is 6.54 Å². The Bertz CT molecular complexity index is 999. The van der Waals surface area contributed by atoms with Gasteiger partial charge in [-0.05, 0) is 65.0 Å². The Morgan fingerprint density at radius 3 is 2.69 bits per heavy atom. The summed E-state index contributed by atoms with van der Waals surface area (Å²) in [7, 11) is 0. The van der Waals surface area contributed by atoms with Crippen molar-refractivity contribution in [3.63, 3.8) is 0 Å². The van der Waals surface area contributed by atoms with Gasteiger partial charge in [0.1, 0.15) is 5.82 Å². The van der Waals surface area contributed by atoms with Crippen LogP contribution in [-0.2, 0) is 13.1 Å². The molecule has 29 heavy (non-hydrogen) atoms. The van der Waals surface area contributed by atoms with Gasteiger partial charge in [0, 0.05) is 22.6 Å². The highest BCUT2D eigenvalue weighted by Gasteiger charge is 2.21. The first-order valence-corrected chi connectivity index (χ1v) is 11.3. The largest absolute Gasteiger partial charge is 0.331 e. The Kier molecular flexibility index (Phi) is 7.36. The molecular weight excluding hydrogens is 450 g/mol. The summed E-state index contributed by atoms with van der Waals surface area (Å²) in [6.45, 7) is 8.49. The highest BCUT2D eigenvalue weighted by atomic mass is 79.9. The number of aromatic nitrogens is 2. The highest BCUT2D eigenvalue weighted by Crippen LogP contribution is 2.24. The van der Waals surface area contributed by atoms with Crippen LogP contribution in [0.25, 0.3) is 11.0 Å². The van der Waals surface area contributed by atoms with Crippen LogP contribution in [0.2, 0.25) is 5.02 Å². The zero-order valence-corrected chi connectivity index (χ0v) is 19.5. The first-order valence-electron chi connectivity index (χ1n) is 10.1. The summed E-state index contributed by atoms with van der Waals surface area (Å²) in [5.41, 5.74) is 2.61. The maximum Gasteiger partial charge on any atom is 0.255 e. The lowest BCUT2D eigenvalue weighted by atomic mass is 10.1. The van der Waals surface area contributed by atoms with E-state index in [0.29, 0.717) is 29.6 Å². The second-order valence-electron chi connectivity index (χ2n) is 7.70. The van der Waals surface area contributed by atoms with Gasteiger partial charge >= 0.3 is 0 Å². The topological polar surface area (TPSA) is 38.1 Å². The van der Waals surface area contributed by atoms with Crippen LogP contribution in [0.1, 0.15) is 49.8 Å². The fraction of sp³-hybridized carbons (Fsp3) is 0.391. The van der Waals surface area contributed by atoms with E-state index in [1.165, 1.54) is 0 Å². The van der Waals surface area contributed by atoms with E-state index in [9.17, 15) is 4.79 Å². The number of amides is 1. The van der Waals surface area contributed by atoms with Crippen LogP contribution in [0.15, 0.2) is 46.9 Å². The van der Waals surface area contributed by atoms with Crippen LogP contribution in [0.4, 0.5) is 0 Å². The van der Waals surface area contributed by atoms with E-state index < -0.39 is 0 Å². The van der Waals surface area contributed by atoms with Crippen molar-refractivity contribution in [1.29, 1.82) is 0 Å². The number of carbonyl (C=O) groups is 1. The minimum atomic E-state index is 0.0197. The zero-order valence-electron chi connectivity index (χ0n) is 17.2. The van der Waals surface area contributed by atoms with Crippen LogP contribution in [0, 0.1) is 5.92 Å². The average molecular weight is 477 g/mol. The highest BCUT2D eigenvalue weighted by molar-refractivity contribution is 9.10. The quantitative estimate of drug-likeness (QED) is 0.370. The van der Waals surface area contributed by atoms with Gasteiger partial charge in [0.2, 0.25) is 0 Å². The Balaban J connectivity index is 1.98. The third kappa shape index (κ3) is 5.20. The van der Waals surface area contributed by atoms with Crippen molar-refractivity contribution in [3.05, 3.63) is 63.3 Å². The third-order valence-corrected chi connectivity index (χ3v) is 5.86. The smallest absolute Gasteiger partial charge is 0.255 e. The number of aryl methyl sites for hydroxylation is 1. The molecule has 0 saturated carbocycles. The molecule has 1 aromatic heterocycles. The van der Waals surface area contributed by atoms with E-state index in [1.807, 2.05) is 47.4 Å². The summed E-state index contributed by atoms with van der Waals surface area (Å²) in [5, 5.41) is 0.697. The van der Waals surface area contributed by atoms with Crippen molar-refractivity contribution < 1.29 is 4.79 Å². The number of hydrogen-bond donors (Lipinski definition) is 0. The Morgan fingerprint density at radius 1 is 1.24 bits per heavy atom. The molecule has 6 heteroatoms. The molecule has 3 aromatic rings. The van der Waals surface area contributed by atoms with E-state index in [2.05, 4.69) is 41.3 Å². The fourth-order valence-corrected chi connectivity index (χ4v) is 4.00.